The van der Waals surface area contributed by atoms with E-state index in [2.05, 4.69) is 23.3 Å². The smallest absolute Gasteiger partial charge is 0.254 e. The van der Waals surface area contributed by atoms with E-state index >= 15 is 0 Å². The lowest BCUT2D eigenvalue weighted by Gasteiger charge is -2.27. The van der Waals surface area contributed by atoms with Crippen LogP contribution in [0.1, 0.15) is 16.1 Å². The second-order valence-electron chi connectivity index (χ2n) is 5.70. The third-order valence-electron chi connectivity index (χ3n) is 4.18. The highest BCUT2D eigenvalue weighted by Crippen LogP contribution is 2.22. The Morgan fingerprint density at radius 3 is 2.35 bits per heavy atom. The van der Waals surface area contributed by atoms with E-state index < -0.39 is 0 Å². The number of carbonyl (C=O) groups excluding carboxylic acids is 1. The van der Waals surface area contributed by atoms with Gasteiger partial charge in [-0.05, 0) is 18.2 Å². The van der Waals surface area contributed by atoms with Crippen LogP contribution in [0.5, 0.6) is 0 Å². The topological polar surface area (TPSA) is 38.1 Å². The highest BCUT2D eigenvalue weighted by molar-refractivity contribution is 5.94. The van der Waals surface area contributed by atoms with E-state index in [9.17, 15) is 4.79 Å². The van der Waals surface area contributed by atoms with Gasteiger partial charge >= 0.3 is 0 Å². The Morgan fingerprint density at radius 2 is 1.61 bits per heavy atom. The highest BCUT2D eigenvalue weighted by Gasteiger charge is 2.23. The molecule has 0 saturated carbocycles. The predicted molar refractivity (Wildman–Crippen MR) is 88.8 cm³/mol. The first kappa shape index (κ1) is 13.8. The molecule has 2 aromatic carbocycles. The standard InChI is InChI=1S/C19H17N3O/c23-19(16-9-5-2-6-10-16)21-11-12-22-17(14-21)13-18(20-22)15-7-3-1-4-8-15/h1-10,13H,11-12,14H2. The average Bonchev–Trinajstić information content (AvgIpc) is 3.06. The summed E-state index contributed by atoms with van der Waals surface area (Å²) in [5.74, 6) is 0.0827. The van der Waals surface area contributed by atoms with E-state index in [0.717, 1.165) is 29.1 Å². The van der Waals surface area contributed by atoms with Crippen molar-refractivity contribution in [3.63, 3.8) is 0 Å². The van der Waals surface area contributed by atoms with Crippen molar-refractivity contribution >= 4 is 5.91 Å². The van der Waals surface area contributed by atoms with Gasteiger partial charge in [-0.15, -0.1) is 0 Å². The number of hydrogen-bond acceptors (Lipinski definition) is 2. The quantitative estimate of drug-likeness (QED) is 0.729. The molecule has 4 heteroatoms. The molecule has 1 amide bonds. The molecule has 23 heavy (non-hydrogen) atoms. The number of nitrogens with zero attached hydrogens (tertiary/aromatic N) is 3. The van der Waals surface area contributed by atoms with E-state index in [1.807, 2.05) is 58.1 Å². The monoisotopic (exact) mass is 303 g/mol. The van der Waals surface area contributed by atoms with Crippen LogP contribution in [0.4, 0.5) is 0 Å². The van der Waals surface area contributed by atoms with Crippen LogP contribution in [0.2, 0.25) is 0 Å². The maximum absolute atomic E-state index is 12.6. The third-order valence-corrected chi connectivity index (χ3v) is 4.18. The highest BCUT2D eigenvalue weighted by atomic mass is 16.2. The number of rotatable bonds is 2. The second kappa shape index (κ2) is 5.72. The van der Waals surface area contributed by atoms with E-state index in [1.165, 1.54) is 0 Å². The summed E-state index contributed by atoms with van der Waals surface area (Å²) in [7, 11) is 0. The van der Waals surface area contributed by atoms with Crippen LogP contribution in [0, 0.1) is 0 Å². The summed E-state index contributed by atoms with van der Waals surface area (Å²) in [6.45, 7) is 2.03. The molecule has 2 heterocycles. The predicted octanol–water partition coefficient (Wildman–Crippen LogP) is 3.21. The summed E-state index contributed by atoms with van der Waals surface area (Å²) in [6, 6.07) is 21.7. The van der Waals surface area contributed by atoms with Crippen LogP contribution >= 0.6 is 0 Å². The van der Waals surface area contributed by atoms with Gasteiger partial charge in [-0.25, -0.2) is 0 Å². The third kappa shape index (κ3) is 2.63. The summed E-state index contributed by atoms with van der Waals surface area (Å²) in [5, 5.41) is 4.67. The average molecular weight is 303 g/mol. The van der Waals surface area contributed by atoms with Gasteiger partial charge in [0.25, 0.3) is 5.91 Å². The number of amides is 1. The lowest BCUT2D eigenvalue weighted by molar-refractivity contribution is 0.0706. The fourth-order valence-corrected chi connectivity index (χ4v) is 2.95. The fraction of sp³-hybridized carbons (Fsp3) is 0.158. The van der Waals surface area contributed by atoms with Gasteiger partial charge in [0.1, 0.15) is 0 Å². The van der Waals surface area contributed by atoms with Gasteiger partial charge in [0.05, 0.1) is 24.5 Å². The summed E-state index contributed by atoms with van der Waals surface area (Å²) in [5.41, 5.74) is 3.90. The molecular weight excluding hydrogens is 286 g/mol. The molecule has 0 spiro atoms. The Labute approximate surface area is 135 Å². The van der Waals surface area contributed by atoms with Crippen molar-refractivity contribution in [2.24, 2.45) is 0 Å². The largest absolute Gasteiger partial charge is 0.331 e. The van der Waals surface area contributed by atoms with Crippen molar-refractivity contribution in [2.45, 2.75) is 13.1 Å². The minimum Gasteiger partial charge on any atom is -0.331 e. The van der Waals surface area contributed by atoms with Crippen molar-refractivity contribution in [3.8, 4) is 11.3 Å². The molecule has 0 saturated heterocycles. The number of carbonyl (C=O) groups is 1. The SMILES string of the molecule is O=C(c1ccccc1)N1CCn2nc(-c3ccccc3)cc2C1. The molecule has 3 aromatic rings. The lowest BCUT2D eigenvalue weighted by Crippen LogP contribution is -2.38. The van der Waals surface area contributed by atoms with E-state index in [-0.39, 0.29) is 5.91 Å². The van der Waals surface area contributed by atoms with Gasteiger partial charge in [0.15, 0.2) is 0 Å². The second-order valence-corrected chi connectivity index (χ2v) is 5.70. The van der Waals surface area contributed by atoms with Gasteiger partial charge in [-0.2, -0.15) is 5.10 Å². The minimum absolute atomic E-state index is 0.0827. The molecule has 0 N–H and O–H groups in total. The molecule has 1 aromatic heterocycles. The first-order chi connectivity index (χ1) is 11.3. The summed E-state index contributed by atoms with van der Waals surface area (Å²) >= 11 is 0. The zero-order valence-electron chi connectivity index (χ0n) is 12.7. The Morgan fingerprint density at radius 1 is 0.913 bits per heavy atom. The van der Waals surface area contributed by atoms with Crippen molar-refractivity contribution in [3.05, 3.63) is 78.0 Å². The number of benzene rings is 2. The minimum atomic E-state index is 0.0827. The number of hydrogen-bond donors (Lipinski definition) is 0. The number of aromatic nitrogens is 2. The molecule has 0 radical (unpaired) electrons. The van der Waals surface area contributed by atoms with Crippen molar-refractivity contribution in [1.82, 2.24) is 14.7 Å². The van der Waals surface area contributed by atoms with Gasteiger partial charge in [0.2, 0.25) is 0 Å². The van der Waals surface area contributed by atoms with Crippen LogP contribution < -0.4 is 0 Å². The van der Waals surface area contributed by atoms with Gasteiger partial charge in [0, 0.05) is 17.7 Å². The fourth-order valence-electron chi connectivity index (χ4n) is 2.95. The first-order valence-electron chi connectivity index (χ1n) is 7.78. The number of fused-ring (bicyclic) bond motifs is 1. The van der Waals surface area contributed by atoms with E-state index in [0.29, 0.717) is 13.1 Å². The molecule has 114 valence electrons. The summed E-state index contributed by atoms with van der Waals surface area (Å²) in [6.07, 6.45) is 0. The van der Waals surface area contributed by atoms with Crippen molar-refractivity contribution in [2.75, 3.05) is 6.54 Å². The molecule has 0 aliphatic carbocycles. The summed E-state index contributed by atoms with van der Waals surface area (Å²) in [4.78, 5) is 14.5. The van der Waals surface area contributed by atoms with Crippen LogP contribution in [-0.2, 0) is 13.1 Å². The van der Waals surface area contributed by atoms with Gasteiger partial charge in [-0.1, -0.05) is 48.5 Å². The van der Waals surface area contributed by atoms with E-state index in [4.69, 9.17) is 0 Å². The van der Waals surface area contributed by atoms with E-state index in [1.54, 1.807) is 0 Å². The molecule has 0 bridgehead atoms. The van der Waals surface area contributed by atoms with Crippen LogP contribution in [0.25, 0.3) is 11.3 Å². The van der Waals surface area contributed by atoms with Crippen LogP contribution in [0.3, 0.4) is 0 Å². The molecule has 4 nitrogen and oxygen atoms in total. The lowest BCUT2D eigenvalue weighted by atomic mass is 10.1. The Bertz CT molecular complexity index is 824. The molecule has 0 atom stereocenters. The van der Waals surface area contributed by atoms with Crippen molar-refractivity contribution < 1.29 is 4.79 Å². The first-order valence-corrected chi connectivity index (χ1v) is 7.78. The Kier molecular flexibility index (Phi) is 3.42. The Hall–Kier alpha value is -2.88. The zero-order chi connectivity index (χ0) is 15.6. The van der Waals surface area contributed by atoms with Crippen LogP contribution in [-0.4, -0.2) is 27.1 Å². The normalized spacial score (nSPS) is 13.7. The maximum Gasteiger partial charge on any atom is 0.254 e. The van der Waals surface area contributed by atoms with Crippen molar-refractivity contribution in [1.29, 1.82) is 0 Å². The molecule has 4 rings (SSSR count). The molecular formula is C19H17N3O. The Balaban J connectivity index is 1.58. The molecule has 1 aliphatic rings. The molecule has 0 fully saturated rings. The summed E-state index contributed by atoms with van der Waals surface area (Å²) < 4.78 is 2.01. The maximum atomic E-state index is 12.6. The van der Waals surface area contributed by atoms with Gasteiger partial charge < -0.3 is 4.90 Å². The zero-order valence-corrected chi connectivity index (χ0v) is 12.7. The molecule has 1 aliphatic heterocycles. The van der Waals surface area contributed by atoms with Gasteiger partial charge in [-0.3, -0.25) is 9.48 Å². The molecule has 0 unspecified atom stereocenters. The van der Waals surface area contributed by atoms with Crippen LogP contribution in [0.15, 0.2) is 66.7 Å².